The van der Waals surface area contributed by atoms with Crippen molar-refractivity contribution in [2.45, 2.75) is 19.3 Å². The smallest absolute Gasteiger partial charge is 0.174 e. The maximum atomic E-state index is 5.02. The van der Waals surface area contributed by atoms with E-state index in [-0.39, 0.29) is 5.41 Å². The van der Waals surface area contributed by atoms with Crippen LogP contribution in [0.25, 0.3) is 60.3 Å². The van der Waals surface area contributed by atoms with E-state index in [4.69, 9.17) is 15.0 Å². The van der Waals surface area contributed by atoms with E-state index in [0.29, 0.717) is 17.5 Å². The summed E-state index contributed by atoms with van der Waals surface area (Å²) in [5, 5.41) is 3.82. The lowest BCUT2D eigenvalue weighted by Crippen LogP contribution is -2.24. The largest absolute Gasteiger partial charge is 0.300 e. The van der Waals surface area contributed by atoms with Gasteiger partial charge < -0.3 is 4.57 Å². The average Bonchev–Trinajstić information content (AvgIpc) is 3.58. The van der Waals surface area contributed by atoms with E-state index in [9.17, 15) is 0 Å². The Bertz CT molecular complexity index is 1980. The van der Waals surface area contributed by atoms with Gasteiger partial charge in [-0.2, -0.15) is 0 Å². The first-order chi connectivity index (χ1) is 19.1. The summed E-state index contributed by atoms with van der Waals surface area (Å²) in [6, 6.07) is 38.0. The molecule has 7 aromatic rings. The molecule has 0 N–H and O–H groups in total. The van der Waals surface area contributed by atoms with E-state index < -0.39 is 0 Å². The molecule has 3 aromatic heterocycles. The lowest BCUT2D eigenvalue weighted by atomic mass is 9.76. The Morgan fingerprint density at radius 3 is 1.87 bits per heavy atom. The Labute approximate surface area is 230 Å². The number of benzene rings is 4. The number of aromatic nitrogens is 4. The summed E-state index contributed by atoms with van der Waals surface area (Å²) in [7, 11) is 0. The van der Waals surface area contributed by atoms with Crippen LogP contribution in [0, 0.1) is 0 Å². The van der Waals surface area contributed by atoms with Crippen LogP contribution in [-0.2, 0) is 5.41 Å². The van der Waals surface area contributed by atoms with Gasteiger partial charge in [0.1, 0.15) is 5.00 Å². The number of nitrogens with zero attached hydrogens (tertiary/aromatic N) is 4. The van der Waals surface area contributed by atoms with Crippen LogP contribution in [0.4, 0.5) is 0 Å². The van der Waals surface area contributed by atoms with Gasteiger partial charge in [-0.1, -0.05) is 111 Å². The summed E-state index contributed by atoms with van der Waals surface area (Å²) >= 11 is 1.76. The second-order valence-electron chi connectivity index (χ2n) is 10.5. The predicted molar refractivity (Wildman–Crippen MR) is 160 cm³/mol. The van der Waals surface area contributed by atoms with E-state index in [1.54, 1.807) is 11.3 Å². The zero-order valence-electron chi connectivity index (χ0n) is 21.6. The van der Waals surface area contributed by atoms with Gasteiger partial charge in [-0.25, -0.2) is 15.0 Å². The van der Waals surface area contributed by atoms with Crippen LogP contribution in [0.5, 0.6) is 0 Å². The van der Waals surface area contributed by atoms with E-state index in [0.717, 1.165) is 16.0 Å². The minimum atomic E-state index is -0.161. The van der Waals surface area contributed by atoms with Gasteiger partial charge in [0.2, 0.25) is 0 Å². The van der Waals surface area contributed by atoms with Crippen LogP contribution in [0.15, 0.2) is 109 Å². The molecule has 1 aliphatic rings. The molecule has 4 nitrogen and oxygen atoms in total. The van der Waals surface area contributed by atoms with E-state index in [1.807, 2.05) is 36.4 Å². The van der Waals surface area contributed by atoms with Crippen LogP contribution in [0.2, 0.25) is 0 Å². The van der Waals surface area contributed by atoms with E-state index in [2.05, 4.69) is 91.2 Å². The van der Waals surface area contributed by atoms with Crippen molar-refractivity contribution in [3.63, 3.8) is 0 Å². The molecular formula is C34H24N4S. The van der Waals surface area contributed by atoms with Gasteiger partial charge in [-0.15, -0.1) is 11.3 Å². The normalized spacial score (nSPS) is 13.6. The molecule has 39 heavy (non-hydrogen) atoms. The third-order valence-electron chi connectivity index (χ3n) is 7.88. The number of rotatable bonds is 3. The van der Waals surface area contributed by atoms with Crippen molar-refractivity contribution in [1.82, 2.24) is 19.5 Å². The molecule has 0 aliphatic carbocycles. The third kappa shape index (κ3) is 3.26. The number of para-hydroxylation sites is 2. The summed E-state index contributed by atoms with van der Waals surface area (Å²) in [6.45, 7) is 4.66. The monoisotopic (exact) mass is 520 g/mol. The first kappa shape index (κ1) is 22.4. The third-order valence-corrected chi connectivity index (χ3v) is 8.99. The van der Waals surface area contributed by atoms with Crippen molar-refractivity contribution in [3.05, 3.63) is 120 Å². The van der Waals surface area contributed by atoms with Gasteiger partial charge in [-0.05, 0) is 23.3 Å². The lowest BCUT2D eigenvalue weighted by molar-refractivity contribution is 0.635. The Hall–Kier alpha value is -4.61. The Balaban J connectivity index is 1.40. The molecule has 8 rings (SSSR count). The molecule has 0 amide bonds. The molecule has 0 spiro atoms. The number of fused-ring (bicyclic) bond motifs is 5. The van der Waals surface area contributed by atoms with Crippen LogP contribution in [0.3, 0.4) is 0 Å². The van der Waals surface area contributed by atoms with E-state index in [1.165, 1.54) is 37.9 Å². The summed E-state index contributed by atoms with van der Waals surface area (Å²) in [5.41, 5.74) is 6.97. The molecule has 0 fully saturated rings. The maximum Gasteiger partial charge on any atom is 0.174 e. The van der Waals surface area contributed by atoms with E-state index >= 15 is 0 Å². The van der Waals surface area contributed by atoms with Gasteiger partial charge >= 0.3 is 0 Å². The molecule has 186 valence electrons. The predicted octanol–water partition coefficient (Wildman–Crippen LogP) is 8.67. The fourth-order valence-electron chi connectivity index (χ4n) is 5.90. The van der Waals surface area contributed by atoms with Gasteiger partial charge in [0.05, 0.1) is 15.9 Å². The highest BCUT2D eigenvalue weighted by Crippen LogP contribution is 2.51. The van der Waals surface area contributed by atoms with Crippen molar-refractivity contribution in [2.24, 2.45) is 0 Å². The topological polar surface area (TPSA) is 43.6 Å². The standard InChI is InChI=1S/C34H24N4S/c1-34(2)25-18-11-17-24-23-16-9-10-19-27(23)38(29(24)25)33-26(34)20-28(39-33)32-36-30(21-12-5-3-6-13-21)35-31(37-32)22-14-7-4-8-15-22/h3-20H,1-2H3. The van der Waals surface area contributed by atoms with Crippen molar-refractivity contribution in [1.29, 1.82) is 0 Å². The zero-order valence-corrected chi connectivity index (χ0v) is 22.4. The van der Waals surface area contributed by atoms with Crippen molar-refractivity contribution in [3.8, 4) is 38.5 Å². The zero-order chi connectivity index (χ0) is 26.1. The number of hydrogen-bond acceptors (Lipinski definition) is 4. The fourth-order valence-corrected chi connectivity index (χ4v) is 7.18. The first-order valence-corrected chi connectivity index (χ1v) is 14.0. The summed E-state index contributed by atoms with van der Waals surface area (Å²) in [5.74, 6) is 2.07. The SMILES string of the molecule is CC1(C)c2cc(-c3nc(-c4ccccc4)nc(-c4ccccc4)n3)sc2-n2c3ccccc3c3cccc1c32. The second kappa shape index (κ2) is 8.19. The highest BCUT2D eigenvalue weighted by Gasteiger charge is 2.37. The van der Waals surface area contributed by atoms with Crippen molar-refractivity contribution < 1.29 is 0 Å². The minimum absolute atomic E-state index is 0.161. The van der Waals surface area contributed by atoms with Crippen LogP contribution in [-0.4, -0.2) is 19.5 Å². The summed E-state index contributed by atoms with van der Waals surface area (Å²) in [4.78, 5) is 16.0. The number of hydrogen-bond donors (Lipinski definition) is 0. The molecule has 0 radical (unpaired) electrons. The highest BCUT2D eigenvalue weighted by atomic mass is 32.1. The maximum absolute atomic E-state index is 5.02. The summed E-state index contributed by atoms with van der Waals surface area (Å²) < 4.78 is 2.45. The molecule has 4 aromatic carbocycles. The molecular weight excluding hydrogens is 496 g/mol. The quantitative estimate of drug-likeness (QED) is 0.234. The molecule has 4 heterocycles. The van der Waals surface area contributed by atoms with Crippen LogP contribution in [0.1, 0.15) is 25.0 Å². The molecule has 0 bridgehead atoms. The van der Waals surface area contributed by atoms with Gasteiger partial charge in [0.25, 0.3) is 0 Å². The number of thiophene rings is 1. The van der Waals surface area contributed by atoms with Gasteiger partial charge in [0, 0.05) is 27.3 Å². The molecule has 1 aliphatic heterocycles. The molecule has 0 atom stereocenters. The van der Waals surface area contributed by atoms with Crippen molar-refractivity contribution in [2.75, 3.05) is 0 Å². The van der Waals surface area contributed by atoms with Crippen molar-refractivity contribution >= 4 is 33.1 Å². The molecule has 5 heteroatoms. The summed E-state index contributed by atoms with van der Waals surface area (Å²) in [6.07, 6.45) is 0. The molecule has 0 saturated carbocycles. The highest BCUT2D eigenvalue weighted by molar-refractivity contribution is 7.18. The first-order valence-electron chi connectivity index (χ1n) is 13.1. The van der Waals surface area contributed by atoms with Crippen LogP contribution >= 0.6 is 11.3 Å². The van der Waals surface area contributed by atoms with Gasteiger partial charge in [-0.3, -0.25) is 0 Å². The Morgan fingerprint density at radius 2 is 1.18 bits per heavy atom. The Kier molecular flexibility index (Phi) is 4.70. The second-order valence-corrected chi connectivity index (χ2v) is 11.6. The lowest BCUT2D eigenvalue weighted by Gasteiger charge is -2.32. The molecule has 0 saturated heterocycles. The Morgan fingerprint density at radius 1 is 0.590 bits per heavy atom. The fraction of sp³-hybridized carbons (Fsp3) is 0.0882. The van der Waals surface area contributed by atoms with Crippen LogP contribution < -0.4 is 0 Å². The average molecular weight is 521 g/mol. The minimum Gasteiger partial charge on any atom is -0.300 e. The molecule has 0 unspecified atom stereocenters. The van der Waals surface area contributed by atoms with Gasteiger partial charge in [0.15, 0.2) is 17.5 Å².